The molecule has 1 atom stereocenters. The van der Waals surface area contributed by atoms with Crippen LogP contribution in [0.3, 0.4) is 0 Å². The summed E-state index contributed by atoms with van der Waals surface area (Å²) in [5.74, 6) is 0. The van der Waals surface area contributed by atoms with Gasteiger partial charge in [0.25, 0.3) is 0 Å². The number of nitrogens with zero attached hydrogens (tertiary/aromatic N) is 1. The van der Waals surface area contributed by atoms with E-state index >= 15 is 0 Å². The SMILES string of the molecule is CNC(c1cscc1Br)C(C)(C)N1CCCC1. The Labute approximate surface area is 117 Å². The van der Waals surface area contributed by atoms with Gasteiger partial charge in [0.05, 0.1) is 6.04 Å². The maximum absolute atomic E-state index is 3.66. The second kappa shape index (κ2) is 5.39. The summed E-state index contributed by atoms with van der Waals surface area (Å²) in [5.41, 5.74) is 1.55. The summed E-state index contributed by atoms with van der Waals surface area (Å²) in [6, 6.07) is 0.376. The minimum atomic E-state index is 0.162. The van der Waals surface area contributed by atoms with E-state index in [9.17, 15) is 0 Å². The van der Waals surface area contributed by atoms with Gasteiger partial charge < -0.3 is 5.32 Å². The molecular formula is C13H21BrN2S. The molecule has 0 aliphatic carbocycles. The Kier molecular flexibility index (Phi) is 4.29. The molecule has 0 saturated carbocycles. The molecule has 2 nitrogen and oxygen atoms in total. The molecule has 1 fully saturated rings. The van der Waals surface area contributed by atoms with Gasteiger partial charge in [-0.2, -0.15) is 11.3 Å². The van der Waals surface area contributed by atoms with Crippen LogP contribution in [0.25, 0.3) is 0 Å². The van der Waals surface area contributed by atoms with Crippen molar-refractivity contribution in [2.75, 3.05) is 20.1 Å². The summed E-state index contributed by atoms with van der Waals surface area (Å²) in [6.07, 6.45) is 2.68. The maximum atomic E-state index is 3.66. The zero-order valence-electron chi connectivity index (χ0n) is 10.8. The molecule has 0 aromatic carbocycles. The average molecular weight is 317 g/mol. The first-order valence-electron chi connectivity index (χ1n) is 6.21. The fourth-order valence-corrected chi connectivity index (χ4v) is 4.41. The van der Waals surface area contributed by atoms with Crippen molar-refractivity contribution in [1.29, 1.82) is 0 Å². The first-order chi connectivity index (χ1) is 8.07. The molecule has 1 aromatic heterocycles. The molecule has 1 N–H and O–H groups in total. The Morgan fingerprint density at radius 3 is 2.47 bits per heavy atom. The number of nitrogens with one attached hydrogen (secondary N) is 1. The van der Waals surface area contributed by atoms with Crippen LogP contribution in [-0.4, -0.2) is 30.6 Å². The predicted octanol–water partition coefficient (Wildman–Crippen LogP) is 3.65. The molecule has 2 heterocycles. The number of rotatable bonds is 4. The van der Waals surface area contributed by atoms with Crippen LogP contribution < -0.4 is 5.32 Å². The lowest BCUT2D eigenvalue weighted by atomic mass is 9.88. The van der Waals surface area contributed by atoms with Crippen LogP contribution >= 0.6 is 27.3 Å². The molecule has 0 bridgehead atoms. The van der Waals surface area contributed by atoms with E-state index in [0.29, 0.717) is 6.04 Å². The van der Waals surface area contributed by atoms with Crippen molar-refractivity contribution in [2.45, 2.75) is 38.3 Å². The number of likely N-dealkylation sites (tertiary alicyclic amines) is 1. The highest BCUT2D eigenvalue weighted by atomic mass is 79.9. The monoisotopic (exact) mass is 316 g/mol. The number of hydrogen-bond donors (Lipinski definition) is 1. The van der Waals surface area contributed by atoms with Gasteiger partial charge in [-0.25, -0.2) is 0 Å². The van der Waals surface area contributed by atoms with Crippen molar-refractivity contribution in [3.05, 3.63) is 20.8 Å². The van der Waals surface area contributed by atoms with E-state index in [4.69, 9.17) is 0 Å². The Bertz CT molecular complexity index is 369. The van der Waals surface area contributed by atoms with Gasteiger partial charge in [-0.3, -0.25) is 4.90 Å². The first-order valence-corrected chi connectivity index (χ1v) is 7.95. The summed E-state index contributed by atoms with van der Waals surface area (Å²) in [5, 5.41) is 7.92. The normalized spacial score (nSPS) is 19.8. The summed E-state index contributed by atoms with van der Waals surface area (Å²) in [6.45, 7) is 7.16. The van der Waals surface area contributed by atoms with Crippen LogP contribution in [0.2, 0.25) is 0 Å². The number of likely N-dealkylation sites (N-methyl/N-ethyl adjacent to an activating group) is 1. The van der Waals surface area contributed by atoms with Crippen molar-refractivity contribution in [2.24, 2.45) is 0 Å². The van der Waals surface area contributed by atoms with Crippen LogP contribution in [0.15, 0.2) is 15.2 Å². The van der Waals surface area contributed by atoms with E-state index in [-0.39, 0.29) is 5.54 Å². The Hall–Kier alpha value is 0.1000. The molecule has 1 aliphatic heterocycles. The minimum absolute atomic E-state index is 0.162. The van der Waals surface area contributed by atoms with Crippen LogP contribution in [0, 0.1) is 0 Å². The van der Waals surface area contributed by atoms with E-state index in [2.05, 4.69) is 57.8 Å². The molecule has 0 radical (unpaired) electrons. The Morgan fingerprint density at radius 2 is 2.00 bits per heavy atom. The minimum Gasteiger partial charge on any atom is -0.311 e. The highest BCUT2D eigenvalue weighted by Gasteiger charge is 2.37. The second-order valence-electron chi connectivity index (χ2n) is 5.24. The molecule has 1 aliphatic rings. The van der Waals surface area contributed by atoms with Gasteiger partial charge in [0.15, 0.2) is 0 Å². The van der Waals surface area contributed by atoms with E-state index in [1.807, 2.05) is 0 Å². The number of thiophene rings is 1. The largest absolute Gasteiger partial charge is 0.311 e. The Balaban J connectivity index is 2.25. The fourth-order valence-electron chi connectivity index (χ4n) is 2.86. The van der Waals surface area contributed by atoms with Gasteiger partial charge in [-0.05, 0) is 73.7 Å². The molecule has 0 amide bonds. The molecule has 1 saturated heterocycles. The van der Waals surface area contributed by atoms with Crippen molar-refractivity contribution in [3.8, 4) is 0 Å². The number of halogens is 1. The summed E-state index contributed by atoms with van der Waals surface area (Å²) < 4.78 is 1.23. The quantitative estimate of drug-likeness (QED) is 0.912. The van der Waals surface area contributed by atoms with Crippen molar-refractivity contribution in [3.63, 3.8) is 0 Å². The van der Waals surface area contributed by atoms with Crippen molar-refractivity contribution >= 4 is 27.3 Å². The van der Waals surface area contributed by atoms with E-state index in [0.717, 1.165) is 0 Å². The lowest BCUT2D eigenvalue weighted by Crippen LogP contribution is -2.50. The standard InChI is InChI=1S/C13H21BrN2S/c1-13(2,16-6-4-5-7-16)12(15-3)10-8-17-9-11(10)14/h8-9,12,15H,4-7H2,1-3H3. The van der Waals surface area contributed by atoms with E-state index in [1.165, 1.54) is 36.0 Å². The molecule has 2 rings (SSSR count). The molecule has 4 heteroatoms. The van der Waals surface area contributed by atoms with Gasteiger partial charge in [-0.1, -0.05) is 0 Å². The summed E-state index contributed by atoms with van der Waals surface area (Å²) in [7, 11) is 2.06. The molecule has 1 aromatic rings. The average Bonchev–Trinajstić information content (AvgIpc) is 2.91. The topological polar surface area (TPSA) is 15.3 Å². The van der Waals surface area contributed by atoms with E-state index < -0.39 is 0 Å². The summed E-state index contributed by atoms with van der Waals surface area (Å²) in [4.78, 5) is 2.61. The zero-order chi connectivity index (χ0) is 12.5. The first kappa shape index (κ1) is 13.5. The highest BCUT2D eigenvalue weighted by molar-refractivity contribution is 9.10. The van der Waals surface area contributed by atoms with Gasteiger partial charge in [0.1, 0.15) is 0 Å². The lowest BCUT2D eigenvalue weighted by Gasteiger charge is -2.42. The molecular weight excluding hydrogens is 296 g/mol. The summed E-state index contributed by atoms with van der Waals surface area (Å²) >= 11 is 5.42. The third-order valence-electron chi connectivity index (χ3n) is 3.87. The van der Waals surface area contributed by atoms with Gasteiger partial charge in [0.2, 0.25) is 0 Å². The lowest BCUT2D eigenvalue weighted by molar-refractivity contribution is 0.110. The smallest absolute Gasteiger partial charge is 0.0518 e. The molecule has 96 valence electrons. The van der Waals surface area contributed by atoms with Crippen LogP contribution in [0.4, 0.5) is 0 Å². The molecule has 0 spiro atoms. The van der Waals surface area contributed by atoms with Crippen molar-refractivity contribution in [1.82, 2.24) is 10.2 Å². The molecule has 17 heavy (non-hydrogen) atoms. The fraction of sp³-hybridized carbons (Fsp3) is 0.692. The van der Waals surface area contributed by atoms with Gasteiger partial charge >= 0.3 is 0 Å². The van der Waals surface area contributed by atoms with Crippen molar-refractivity contribution < 1.29 is 0 Å². The van der Waals surface area contributed by atoms with Gasteiger partial charge in [0, 0.05) is 15.4 Å². The second-order valence-corrected chi connectivity index (χ2v) is 6.84. The predicted molar refractivity (Wildman–Crippen MR) is 78.7 cm³/mol. The van der Waals surface area contributed by atoms with Gasteiger partial charge in [-0.15, -0.1) is 0 Å². The Morgan fingerprint density at radius 1 is 1.35 bits per heavy atom. The third kappa shape index (κ3) is 2.60. The van der Waals surface area contributed by atoms with Crippen LogP contribution in [-0.2, 0) is 0 Å². The van der Waals surface area contributed by atoms with Crippen LogP contribution in [0.5, 0.6) is 0 Å². The van der Waals surface area contributed by atoms with E-state index in [1.54, 1.807) is 11.3 Å². The molecule has 1 unspecified atom stereocenters. The zero-order valence-corrected chi connectivity index (χ0v) is 13.2. The highest BCUT2D eigenvalue weighted by Crippen LogP contribution is 2.37. The third-order valence-corrected chi connectivity index (χ3v) is 5.62. The maximum Gasteiger partial charge on any atom is 0.0518 e. The number of hydrogen-bond acceptors (Lipinski definition) is 3. The van der Waals surface area contributed by atoms with Crippen LogP contribution in [0.1, 0.15) is 38.3 Å².